The first-order valence-electron chi connectivity index (χ1n) is 7.22. The van der Waals surface area contributed by atoms with Crippen LogP contribution in [0.2, 0.25) is 0 Å². The highest BCUT2D eigenvalue weighted by atomic mass is 79.9. The van der Waals surface area contributed by atoms with Gasteiger partial charge in [0.1, 0.15) is 5.82 Å². The number of halogens is 2. The van der Waals surface area contributed by atoms with E-state index in [1.165, 1.54) is 12.5 Å². The summed E-state index contributed by atoms with van der Waals surface area (Å²) in [5, 5.41) is 2.24. The third kappa shape index (κ3) is 3.58. The molecule has 1 saturated heterocycles. The van der Waals surface area contributed by atoms with E-state index in [1.807, 2.05) is 0 Å². The Morgan fingerprint density at radius 3 is 2.65 bits per heavy atom. The number of hydrazine groups is 1. The summed E-state index contributed by atoms with van der Waals surface area (Å²) >= 11 is 3.39. The van der Waals surface area contributed by atoms with Gasteiger partial charge in [-0.2, -0.15) is 0 Å². The first-order valence-corrected chi connectivity index (χ1v) is 8.01. The van der Waals surface area contributed by atoms with Gasteiger partial charge in [0, 0.05) is 28.7 Å². The standard InChI is InChI=1S/C15H23BrFN3/c1-10-4-3-5-11(2)20(10)19-15(9-18)13-8-12(16)6-7-14(13)17/h6-8,10-11,15,19H,3-5,9,18H2,1-2H3. The summed E-state index contributed by atoms with van der Waals surface area (Å²) in [5.41, 5.74) is 9.92. The van der Waals surface area contributed by atoms with E-state index in [2.05, 4.69) is 40.2 Å². The van der Waals surface area contributed by atoms with Crippen molar-refractivity contribution in [2.75, 3.05) is 6.54 Å². The molecule has 112 valence electrons. The molecule has 2 rings (SSSR count). The van der Waals surface area contributed by atoms with Crippen molar-refractivity contribution >= 4 is 15.9 Å². The third-order valence-corrected chi connectivity index (χ3v) is 4.56. The number of rotatable bonds is 4. The van der Waals surface area contributed by atoms with Gasteiger partial charge in [-0.05, 0) is 44.9 Å². The Morgan fingerprint density at radius 2 is 2.05 bits per heavy atom. The zero-order valence-electron chi connectivity index (χ0n) is 12.1. The van der Waals surface area contributed by atoms with Crippen molar-refractivity contribution in [1.82, 2.24) is 10.4 Å². The monoisotopic (exact) mass is 343 g/mol. The molecule has 0 saturated carbocycles. The van der Waals surface area contributed by atoms with Gasteiger partial charge in [-0.25, -0.2) is 14.8 Å². The minimum absolute atomic E-state index is 0.199. The summed E-state index contributed by atoms with van der Waals surface area (Å²) < 4.78 is 14.9. The van der Waals surface area contributed by atoms with Gasteiger partial charge >= 0.3 is 0 Å². The van der Waals surface area contributed by atoms with Crippen LogP contribution in [0.1, 0.15) is 44.7 Å². The fourth-order valence-corrected chi connectivity index (χ4v) is 3.27. The van der Waals surface area contributed by atoms with Crippen LogP contribution >= 0.6 is 15.9 Å². The molecule has 3 unspecified atom stereocenters. The molecule has 1 aromatic carbocycles. The first kappa shape index (κ1) is 15.9. The lowest BCUT2D eigenvalue weighted by Gasteiger charge is -2.41. The Kier molecular flexibility index (Phi) is 5.55. The van der Waals surface area contributed by atoms with Crippen LogP contribution in [0.5, 0.6) is 0 Å². The molecule has 5 heteroatoms. The number of nitrogens with one attached hydrogen (secondary N) is 1. The molecule has 3 N–H and O–H groups in total. The molecule has 0 radical (unpaired) electrons. The van der Waals surface area contributed by atoms with Crippen molar-refractivity contribution in [2.24, 2.45) is 5.73 Å². The molecule has 1 aliphatic heterocycles. The van der Waals surface area contributed by atoms with Crippen LogP contribution in [0.25, 0.3) is 0 Å². The van der Waals surface area contributed by atoms with E-state index >= 15 is 0 Å². The second-order valence-corrected chi connectivity index (χ2v) is 6.54. The Balaban J connectivity index is 2.17. The van der Waals surface area contributed by atoms with E-state index in [0.717, 1.165) is 17.3 Å². The van der Waals surface area contributed by atoms with Crippen molar-refractivity contribution in [3.8, 4) is 0 Å². The van der Waals surface area contributed by atoms with Crippen LogP contribution < -0.4 is 11.2 Å². The molecule has 0 aliphatic carbocycles. The summed E-state index contributed by atoms with van der Waals surface area (Å²) in [6, 6.07) is 5.69. The molecule has 0 bridgehead atoms. The topological polar surface area (TPSA) is 41.3 Å². The average molecular weight is 344 g/mol. The summed E-state index contributed by atoms with van der Waals surface area (Å²) in [6.07, 6.45) is 3.57. The smallest absolute Gasteiger partial charge is 0.128 e. The van der Waals surface area contributed by atoms with Gasteiger partial charge in [0.25, 0.3) is 0 Å². The SMILES string of the molecule is CC1CCCC(C)N1NC(CN)c1cc(Br)ccc1F. The van der Waals surface area contributed by atoms with E-state index < -0.39 is 0 Å². The second-order valence-electron chi connectivity index (χ2n) is 5.62. The Bertz CT molecular complexity index is 445. The summed E-state index contributed by atoms with van der Waals surface area (Å²) in [7, 11) is 0. The third-order valence-electron chi connectivity index (χ3n) is 4.07. The Morgan fingerprint density at radius 1 is 1.40 bits per heavy atom. The van der Waals surface area contributed by atoms with Gasteiger partial charge in [-0.1, -0.05) is 22.4 Å². The maximum atomic E-state index is 14.0. The predicted molar refractivity (Wildman–Crippen MR) is 83.6 cm³/mol. The zero-order valence-corrected chi connectivity index (χ0v) is 13.7. The maximum absolute atomic E-state index is 14.0. The average Bonchev–Trinajstić information content (AvgIpc) is 2.42. The van der Waals surface area contributed by atoms with Crippen LogP contribution in [0.15, 0.2) is 22.7 Å². The maximum Gasteiger partial charge on any atom is 0.128 e. The minimum atomic E-state index is -0.214. The van der Waals surface area contributed by atoms with Crippen molar-refractivity contribution in [3.05, 3.63) is 34.1 Å². The van der Waals surface area contributed by atoms with Crippen molar-refractivity contribution in [3.63, 3.8) is 0 Å². The highest BCUT2D eigenvalue weighted by Gasteiger charge is 2.27. The molecular weight excluding hydrogens is 321 g/mol. The molecule has 1 aliphatic rings. The summed E-state index contributed by atoms with van der Waals surface area (Å²) in [4.78, 5) is 0. The van der Waals surface area contributed by atoms with Crippen molar-refractivity contribution in [1.29, 1.82) is 0 Å². The van der Waals surface area contributed by atoms with Crippen LogP contribution in [0.4, 0.5) is 4.39 Å². The molecule has 3 atom stereocenters. The van der Waals surface area contributed by atoms with Crippen LogP contribution in [0.3, 0.4) is 0 Å². The van der Waals surface area contributed by atoms with Gasteiger partial charge in [0.15, 0.2) is 0 Å². The number of hydrogen-bond acceptors (Lipinski definition) is 3. The van der Waals surface area contributed by atoms with E-state index in [1.54, 1.807) is 12.1 Å². The largest absolute Gasteiger partial charge is 0.329 e. The highest BCUT2D eigenvalue weighted by molar-refractivity contribution is 9.10. The van der Waals surface area contributed by atoms with Crippen LogP contribution in [-0.4, -0.2) is 23.6 Å². The molecule has 1 aromatic rings. The Hall–Kier alpha value is -0.490. The van der Waals surface area contributed by atoms with Crippen LogP contribution in [0, 0.1) is 5.82 Å². The van der Waals surface area contributed by atoms with E-state index in [9.17, 15) is 4.39 Å². The van der Waals surface area contributed by atoms with Gasteiger partial charge < -0.3 is 5.73 Å². The summed E-state index contributed by atoms with van der Waals surface area (Å²) in [6.45, 7) is 4.77. The van der Waals surface area contributed by atoms with E-state index in [4.69, 9.17) is 5.73 Å². The molecular formula is C15H23BrFN3. The van der Waals surface area contributed by atoms with Gasteiger partial charge in [-0.3, -0.25) is 0 Å². The van der Waals surface area contributed by atoms with Crippen molar-refractivity contribution < 1.29 is 4.39 Å². The minimum Gasteiger partial charge on any atom is -0.329 e. The number of nitrogens with zero attached hydrogens (tertiary/aromatic N) is 1. The van der Waals surface area contributed by atoms with E-state index in [0.29, 0.717) is 24.2 Å². The zero-order chi connectivity index (χ0) is 14.7. The Labute approximate surface area is 128 Å². The number of nitrogens with two attached hydrogens (primary N) is 1. The molecule has 20 heavy (non-hydrogen) atoms. The predicted octanol–water partition coefficient (Wildman–Crippen LogP) is 3.36. The molecule has 1 heterocycles. The number of piperidine rings is 1. The van der Waals surface area contributed by atoms with Crippen molar-refractivity contribution in [2.45, 2.75) is 51.2 Å². The lowest BCUT2D eigenvalue weighted by Crippen LogP contribution is -2.54. The number of benzene rings is 1. The van der Waals surface area contributed by atoms with Gasteiger partial charge in [-0.15, -0.1) is 0 Å². The normalized spacial score (nSPS) is 25.6. The first-order chi connectivity index (χ1) is 9.52. The quantitative estimate of drug-likeness (QED) is 0.880. The number of hydrogen-bond donors (Lipinski definition) is 2. The molecule has 0 amide bonds. The molecule has 0 spiro atoms. The fraction of sp³-hybridized carbons (Fsp3) is 0.600. The lowest BCUT2D eigenvalue weighted by atomic mass is 9.99. The second kappa shape index (κ2) is 6.98. The highest BCUT2D eigenvalue weighted by Crippen LogP contribution is 2.25. The van der Waals surface area contributed by atoms with Gasteiger partial charge in [0.2, 0.25) is 0 Å². The van der Waals surface area contributed by atoms with Gasteiger partial charge in [0.05, 0.1) is 6.04 Å². The molecule has 1 fully saturated rings. The molecule has 0 aromatic heterocycles. The van der Waals surface area contributed by atoms with E-state index in [-0.39, 0.29) is 11.9 Å². The van der Waals surface area contributed by atoms with Crippen LogP contribution in [-0.2, 0) is 0 Å². The lowest BCUT2D eigenvalue weighted by molar-refractivity contribution is 0.0299. The summed E-state index contributed by atoms with van der Waals surface area (Å²) in [5.74, 6) is -0.214. The molecule has 3 nitrogen and oxygen atoms in total. The fourth-order valence-electron chi connectivity index (χ4n) is 2.89.